The lowest BCUT2D eigenvalue weighted by molar-refractivity contribution is 0.377. The summed E-state index contributed by atoms with van der Waals surface area (Å²) in [6.07, 6.45) is 3.34. The number of rotatable bonds is 4. The summed E-state index contributed by atoms with van der Waals surface area (Å²) in [6, 6.07) is 0. The lowest BCUT2D eigenvalue weighted by atomic mass is 10.0. The molecular formula is C10H16N2O2. The second-order valence-corrected chi connectivity index (χ2v) is 3.09. The molecule has 4 nitrogen and oxygen atoms in total. The monoisotopic (exact) mass is 196 g/mol. The Balaban J connectivity index is 3.18. The minimum atomic E-state index is 0.197. The van der Waals surface area contributed by atoms with E-state index in [-0.39, 0.29) is 5.92 Å². The van der Waals surface area contributed by atoms with Gasteiger partial charge in [0.05, 0.1) is 26.6 Å². The number of methoxy groups -OCH3 is 2. The molecule has 1 heterocycles. The van der Waals surface area contributed by atoms with Crippen molar-refractivity contribution in [3.63, 3.8) is 0 Å². The predicted octanol–water partition coefficient (Wildman–Crippen LogP) is 1.16. The number of pyridine rings is 1. The highest BCUT2D eigenvalue weighted by Crippen LogP contribution is 2.33. The molecule has 1 atom stereocenters. The summed E-state index contributed by atoms with van der Waals surface area (Å²) in [5.74, 6) is 1.65. The van der Waals surface area contributed by atoms with Gasteiger partial charge in [-0.15, -0.1) is 0 Å². The Morgan fingerprint density at radius 1 is 1.29 bits per heavy atom. The van der Waals surface area contributed by atoms with Crippen LogP contribution >= 0.6 is 0 Å². The third-order valence-electron chi connectivity index (χ3n) is 2.20. The zero-order valence-corrected chi connectivity index (χ0v) is 8.78. The number of aromatic nitrogens is 1. The standard InChI is InChI=1S/C10H16N2O2/c1-7(4-11)10-8(13-2)5-12-6-9(10)14-3/h5-7H,4,11H2,1-3H3. The average Bonchev–Trinajstić information content (AvgIpc) is 2.26. The molecular weight excluding hydrogens is 180 g/mol. The fourth-order valence-corrected chi connectivity index (χ4v) is 1.36. The van der Waals surface area contributed by atoms with Crippen LogP contribution in [0.15, 0.2) is 12.4 Å². The Bertz CT molecular complexity index is 280. The first kappa shape index (κ1) is 10.8. The van der Waals surface area contributed by atoms with Crippen LogP contribution in [0, 0.1) is 0 Å². The van der Waals surface area contributed by atoms with Gasteiger partial charge in [0.1, 0.15) is 11.5 Å². The van der Waals surface area contributed by atoms with Crippen LogP contribution in [0.1, 0.15) is 18.4 Å². The summed E-state index contributed by atoms with van der Waals surface area (Å²) in [5.41, 5.74) is 6.60. The van der Waals surface area contributed by atoms with Crippen molar-refractivity contribution < 1.29 is 9.47 Å². The highest BCUT2D eigenvalue weighted by atomic mass is 16.5. The third kappa shape index (κ3) is 1.96. The molecule has 0 aromatic carbocycles. The molecule has 0 bridgehead atoms. The molecule has 0 saturated heterocycles. The molecule has 78 valence electrons. The smallest absolute Gasteiger partial charge is 0.144 e. The maximum atomic E-state index is 5.62. The molecule has 0 aliphatic heterocycles. The number of hydrogen-bond acceptors (Lipinski definition) is 4. The van der Waals surface area contributed by atoms with Gasteiger partial charge in [0.25, 0.3) is 0 Å². The molecule has 0 radical (unpaired) electrons. The van der Waals surface area contributed by atoms with Crippen molar-refractivity contribution in [1.29, 1.82) is 0 Å². The number of ether oxygens (including phenoxy) is 2. The number of nitrogens with two attached hydrogens (primary N) is 1. The molecule has 1 aromatic heterocycles. The summed E-state index contributed by atoms with van der Waals surface area (Å²) in [5, 5.41) is 0. The zero-order valence-electron chi connectivity index (χ0n) is 8.78. The van der Waals surface area contributed by atoms with Gasteiger partial charge in [-0.1, -0.05) is 6.92 Å². The Kier molecular flexibility index (Phi) is 3.71. The molecule has 0 saturated carbocycles. The van der Waals surface area contributed by atoms with E-state index in [1.165, 1.54) is 0 Å². The van der Waals surface area contributed by atoms with Crippen molar-refractivity contribution in [2.45, 2.75) is 12.8 Å². The normalized spacial score (nSPS) is 12.3. The highest BCUT2D eigenvalue weighted by Gasteiger charge is 2.15. The summed E-state index contributed by atoms with van der Waals surface area (Å²) in [6.45, 7) is 2.58. The van der Waals surface area contributed by atoms with Crippen molar-refractivity contribution in [3.8, 4) is 11.5 Å². The minimum absolute atomic E-state index is 0.197. The summed E-state index contributed by atoms with van der Waals surface area (Å²) >= 11 is 0. The zero-order chi connectivity index (χ0) is 10.6. The lowest BCUT2D eigenvalue weighted by Gasteiger charge is -2.16. The van der Waals surface area contributed by atoms with E-state index >= 15 is 0 Å². The van der Waals surface area contributed by atoms with E-state index in [1.54, 1.807) is 26.6 Å². The predicted molar refractivity (Wildman–Crippen MR) is 54.8 cm³/mol. The first-order chi connectivity index (χ1) is 6.74. The van der Waals surface area contributed by atoms with Crippen LogP contribution in [0.4, 0.5) is 0 Å². The van der Waals surface area contributed by atoms with Gasteiger partial charge in [-0.25, -0.2) is 0 Å². The summed E-state index contributed by atoms with van der Waals surface area (Å²) in [7, 11) is 3.23. The minimum Gasteiger partial charge on any atom is -0.495 e. The van der Waals surface area contributed by atoms with Gasteiger partial charge in [-0.05, 0) is 6.54 Å². The van der Waals surface area contributed by atoms with Gasteiger partial charge < -0.3 is 15.2 Å². The topological polar surface area (TPSA) is 57.4 Å². The largest absolute Gasteiger partial charge is 0.495 e. The van der Waals surface area contributed by atoms with Crippen molar-refractivity contribution >= 4 is 0 Å². The van der Waals surface area contributed by atoms with E-state index in [1.807, 2.05) is 6.92 Å². The van der Waals surface area contributed by atoms with Crippen LogP contribution in [0.2, 0.25) is 0 Å². The molecule has 0 fully saturated rings. The molecule has 2 N–H and O–H groups in total. The van der Waals surface area contributed by atoms with Gasteiger partial charge in [-0.2, -0.15) is 0 Å². The van der Waals surface area contributed by atoms with Gasteiger partial charge in [0.15, 0.2) is 0 Å². The third-order valence-corrected chi connectivity index (χ3v) is 2.20. The lowest BCUT2D eigenvalue weighted by Crippen LogP contribution is -2.11. The van der Waals surface area contributed by atoms with Gasteiger partial charge in [0.2, 0.25) is 0 Å². The fourth-order valence-electron chi connectivity index (χ4n) is 1.36. The number of nitrogens with zero attached hydrogens (tertiary/aromatic N) is 1. The second kappa shape index (κ2) is 4.81. The van der Waals surface area contributed by atoms with Crippen molar-refractivity contribution in [3.05, 3.63) is 18.0 Å². The van der Waals surface area contributed by atoms with Crippen molar-refractivity contribution in [2.24, 2.45) is 5.73 Å². The van der Waals surface area contributed by atoms with Crippen LogP contribution in [0.5, 0.6) is 11.5 Å². The fraction of sp³-hybridized carbons (Fsp3) is 0.500. The van der Waals surface area contributed by atoms with E-state index in [0.29, 0.717) is 6.54 Å². The average molecular weight is 196 g/mol. The molecule has 4 heteroatoms. The van der Waals surface area contributed by atoms with Crippen LogP contribution in [0.3, 0.4) is 0 Å². The summed E-state index contributed by atoms with van der Waals surface area (Å²) < 4.78 is 10.4. The Morgan fingerprint density at radius 3 is 2.14 bits per heavy atom. The Morgan fingerprint density at radius 2 is 1.79 bits per heavy atom. The molecule has 0 aliphatic carbocycles. The summed E-state index contributed by atoms with van der Waals surface area (Å²) in [4.78, 5) is 4.01. The highest BCUT2D eigenvalue weighted by molar-refractivity contribution is 5.44. The molecule has 1 aromatic rings. The Hall–Kier alpha value is -1.29. The first-order valence-corrected chi connectivity index (χ1v) is 4.50. The van der Waals surface area contributed by atoms with E-state index in [0.717, 1.165) is 17.1 Å². The molecule has 1 rings (SSSR count). The van der Waals surface area contributed by atoms with Crippen LogP contribution in [0.25, 0.3) is 0 Å². The van der Waals surface area contributed by atoms with Gasteiger partial charge in [-0.3, -0.25) is 4.98 Å². The van der Waals surface area contributed by atoms with Crippen LogP contribution < -0.4 is 15.2 Å². The molecule has 0 aliphatic rings. The quantitative estimate of drug-likeness (QED) is 0.785. The first-order valence-electron chi connectivity index (χ1n) is 4.50. The number of hydrogen-bond donors (Lipinski definition) is 1. The van der Waals surface area contributed by atoms with Crippen molar-refractivity contribution in [2.75, 3.05) is 20.8 Å². The van der Waals surface area contributed by atoms with E-state index in [4.69, 9.17) is 15.2 Å². The van der Waals surface area contributed by atoms with E-state index in [9.17, 15) is 0 Å². The van der Waals surface area contributed by atoms with Gasteiger partial charge in [0, 0.05) is 11.5 Å². The van der Waals surface area contributed by atoms with Gasteiger partial charge >= 0.3 is 0 Å². The molecule has 0 amide bonds. The molecule has 1 unspecified atom stereocenters. The maximum absolute atomic E-state index is 5.62. The van der Waals surface area contributed by atoms with Crippen LogP contribution in [-0.4, -0.2) is 25.7 Å². The van der Waals surface area contributed by atoms with E-state index < -0.39 is 0 Å². The molecule has 14 heavy (non-hydrogen) atoms. The molecule has 0 spiro atoms. The maximum Gasteiger partial charge on any atom is 0.144 e. The Labute approximate surface area is 84.0 Å². The second-order valence-electron chi connectivity index (χ2n) is 3.09. The SMILES string of the molecule is COc1cncc(OC)c1C(C)CN. The van der Waals surface area contributed by atoms with E-state index in [2.05, 4.69) is 4.98 Å². The van der Waals surface area contributed by atoms with Crippen LogP contribution in [-0.2, 0) is 0 Å². The van der Waals surface area contributed by atoms with Crippen molar-refractivity contribution in [1.82, 2.24) is 4.98 Å².